The number of rotatable bonds is 1. The van der Waals surface area contributed by atoms with Crippen molar-refractivity contribution in [1.29, 1.82) is 5.26 Å². The van der Waals surface area contributed by atoms with E-state index in [1.165, 1.54) is 0 Å². The number of nitriles is 1. The third-order valence-corrected chi connectivity index (χ3v) is 3.05. The van der Waals surface area contributed by atoms with Gasteiger partial charge in [-0.1, -0.05) is 0 Å². The first kappa shape index (κ1) is 6.84. The summed E-state index contributed by atoms with van der Waals surface area (Å²) in [5, 5.41) is 8.48. The molecule has 11 heavy (non-hydrogen) atoms. The summed E-state index contributed by atoms with van der Waals surface area (Å²) in [6, 6.07) is 2.16. The molecule has 2 fully saturated rings. The molecule has 2 rings (SSSR count). The molecule has 2 bridgehead atoms. The third kappa shape index (κ3) is 0.956. The highest BCUT2D eigenvalue weighted by Gasteiger charge is 2.44. The number of fused-ring (bicyclic) bond motifs is 2. The summed E-state index contributed by atoms with van der Waals surface area (Å²) in [6.07, 6.45) is 3.59. The predicted molar refractivity (Wildman–Crippen MR) is 39.6 cm³/mol. The molecule has 0 aromatic heterocycles. The number of nitrogens with zero attached hydrogens (tertiary/aromatic N) is 1. The van der Waals surface area contributed by atoms with Crippen molar-refractivity contribution in [3.8, 4) is 6.07 Å². The van der Waals surface area contributed by atoms with Gasteiger partial charge in [0, 0.05) is 18.8 Å². The highest BCUT2D eigenvalue weighted by molar-refractivity contribution is 5.84. The smallest absolute Gasteiger partial charge is 0.136 e. The van der Waals surface area contributed by atoms with Crippen molar-refractivity contribution in [3.05, 3.63) is 0 Å². The summed E-state index contributed by atoms with van der Waals surface area (Å²) in [5.74, 6) is 1.72. The van der Waals surface area contributed by atoms with E-state index in [0.29, 0.717) is 24.0 Å². The van der Waals surface area contributed by atoms with E-state index in [2.05, 4.69) is 6.07 Å². The van der Waals surface area contributed by atoms with Crippen molar-refractivity contribution in [3.63, 3.8) is 0 Å². The van der Waals surface area contributed by atoms with Gasteiger partial charge in [0.1, 0.15) is 5.78 Å². The van der Waals surface area contributed by atoms with E-state index in [1.54, 1.807) is 0 Å². The summed E-state index contributed by atoms with van der Waals surface area (Å²) >= 11 is 0. The molecule has 0 aromatic carbocycles. The zero-order valence-electron chi connectivity index (χ0n) is 6.42. The molecule has 2 heteroatoms. The van der Waals surface area contributed by atoms with Crippen molar-refractivity contribution in [2.24, 2.45) is 17.8 Å². The van der Waals surface area contributed by atoms with E-state index >= 15 is 0 Å². The van der Waals surface area contributed by atoms with Crippen LogP contribution in [0.25, 0.3) is 0 Å². The molecule has 2 saturated carbocycles. The molecule has 0 amide bonds. The number of Topliss-reactive ketones (excluding diaryl/α,β-unsaturated/α-hetero) is 1. The van der Waals surface area contributed by atoms with Crippen LogP contribution in [0.1, 0.15) is 25.7 Å². The molecule has 3 unspecified atom stereocenters. The molecule has 2 nitrogen and oxygen atoms in total. The molecule has 2 aliphatic rings. The third-order valence-electron chi connectivity index (χ3n) is 3.05. The van der Waals surface area contributed by atoms with E-state index in [0.717, 1.165) is 19.3 Å². The largest absolute Gasteiger partial charge is 0.299 e. The van der Waals surface area contributed by atoms with Crippen LogP contribution in [0, 0.1) is 29.1 Å². The highest BCUT2D eigenvalue weighted by atomic mass is 16.1. The van der Waals surface area contributed by atoms with Crippen LogP contribution in [-0.4, -0.2) is 5.78 Å². The number of hydrogen-bond donors (Lipinski definition) is 0. The Balaban J connectivity index is 2.08. The van der Waals surface area contributed by atoms with Crippen LogP contribution in [0.3, 0.4) is 0 Å². The van der Waals surface area contributed by atoms with Crippen LogP contribution < -0.4 is 0 Å². The fourth-order valence-electron chi connectivity index (χ4n) is 2.58. The van der Waals surface area contributed by atoms with Crippen LogP contribution in [0.4, 0.5) is 0 Å². The quantitative estimate of drug-likeness (QED) is 0.567. The summed E-state index contributed by atoms with van der Waals surface area (Å²) in [7, 11) is 0. The highest BCUT2D eigenvalue weighted by Crippen LogP contribution is 2.47. The van der Waals surface area contributed by atoms with E-state index in [9.17, 15) is 4.79 Å². The lowest BCUT2D eigenvalue weighted by Gasteiger charge is -2.16. The molecular formula is C9H11NO. The maximum Gasteiger partial charge on any atom is 0.136 e. The number of carbonyl (C=O) groups is 1. The Morgan fingerprint density at radius 2 is 2.36 bits per heavy atom. The minimum Gasteiger partial charge on any atom is -0.299 e. The molecule has 0 aliphatic heterocycles. The molecule has 58 valence electrons. The molecule has 3 atom stereocenters. The number of hydrogen-bond acceptors (Lipinski definition) is 2. The first-order valence-corrected chi connectivity index (χ1v) is 4.21. The molecule has 0 saturated heterocycles. The van der Waals surface area contributed by atoms with Gasteiger partial charge in [-0.05, 0) is 24.7 Å². The van der Waals surface area contributed by atoms with Crippen LogP contribution in [-0.2, 0) is 4.79 Å². The van der Waals surface area contributed by atoms with E-state index in [1.807, 2.05) is 0 Å². The van der Waals surface area contributed by atoms with Crippen molar-refractivity contribution in [2.75, 3.05) is 0 Å². The number of ketones is 1. The molecular weight excluding hydrogens is 138 g/mol. The minimum absolute atomic E-state index is 0.264. The second-order valence-corrected chi connectivity index (χ2v) is 3.74. The summed E-state index contributed by atoms with van der Waals surface area (Å²) in [4.78, 5) is 11.2. The van der Waals surface area contributed by atoms with Gasteiger partial charge in [-0.3, -0.25) is 4.79 Å². The van der Waals surface area contributed by atoms with E-state index < -0.39 is 0 Å². The SMILES string of the molecule is N#CCC1CC2CC(=O)C1C2. The number of carbonyl (C=O) groups excluding carboxylic acids is 1. The van der Waals surface area contributed by atoms with Gasteiger partial charge in [-0.15, -0.1) is 0 Å². The van der Waals surface area contributed by atoms with Gasteiger partial charge in [-0.2, -0.15) is 5.26 Å². The molecule has 0 spiro atoms. The topological polar surface area (TPSA) is 40.9 Å². The van der Waals surface area contributed by atoms with Gasteiger partial charge in [0.25, 0.3) is 0 Å². The van der Waals surface area contributed by atoms with Crippen molar-refractivity contribution in [1.82, 2.24) is 0 Å². The first-order valence-electron chi connectivity index (χ1n) is 4.21. The van der Waals surface area contributed by atoms with Crippen LogP contribution in [0.2, 0.25) is 0 Å². The molecule has 0 N–H and O–H groups in total. The Hall–Kier alpha value is -0.840. The maximum absolute atomic E-state index is 11.2. The molecule has 0 heterocycles. The average Bonchev–Trinajstić information content (AvgIpc) is 2.46. The Kier molecular flexibility index (Phi) is 1.45. The van der Waals surface area contributed by atoms with Crippen molar-refractivity contribution < 1.29 is 4.79 Å². The molecule has 0 radical (unpaired) electrons. The van der Waals surface area contributed by atoms with Gasteiger partial charge in [0.05, 0.1) is 6.07 Å². The van der Waals surface area contributed by atoms with Crippen LogP contribution in [0.15, 0.2) is 0 Å². The zero-order valence-corrected chi connectivity index (χ0v) is 6.42. The lowest BCUT2D eigenvalue weighted by Crippen LogP contribution is -2.19. The predicted octanol–water partition coefficient (Wildman–Crippen LogP) is 1.52. The Bertz CT molecular complexity index is 228. The van der Waals surface area contributed by atoms with Crippen LogP contribution >= 0.6 is 0 Å². The standard InChI is InChI=1S/C9H11NO/c10-2-1-7-3-6-4-8(7)9(11)5-6/h6-8H,1,3-5H2. The molecule has 2 aliphatic carbocycles. The van der Waals surface area contributed by atoms with Crippen LogP contribution in [0.5, 0.6) is 0 Å². The van der Waals surface area contributed by atoms with Crippen molar-refractivity contribution in [2.45, 2.75) is 25.7 Å². The summed E-state index contributed by atoms with van der Waals surface area (Å²) < 4.78 is 0. The lowest BCUT2D eigenvalue weighted by atomic mass is 9.86. The van der Waals surface area contributed by atoms with Gasteiger partial charge >= 0.3 is 0 Å². The van der Waals surface area contributed by atoms with E-state index in [4.69, 9.17) is 5.26 Å². The van der Waals surface area contributed by atoms with E-state index in [-0.39, 0.29) is 5.92 Å². The Morgan fingerprint density at radius 3 is 2.91 bits per heavy atom. The second kappa shape index (κ2) is 2.34. The van der Waals surface area contributed by atoms with Gasteiger partial charge < -0.3 is 0 Å². The van der Waals surface area contributed by atoms with Gasteiger partial charge in [-0.25, -0.2) is 0 Å². The summed E-state index contributed by atoms with van der Waals surface area (Å²) in [5.41, 5.74) is 0. The average molecular weight is 149 g/mol. The lowest BCUT2D eigenvalue weighted by molar-refractivity contribution is -0.123. The summed E-state index contributed by atoms with van der Waals surface area (Å²) in [6.45, 7) is 0. The molecule has 0 aromatic rings. The maximum atomic E-state index is 11.2. The van der Waals surface area contributed by atoms with Gasteiger partial charge in [0.15, 0.2) is 0 Å². The minimum atomic E-state index is 0.264. The first-order chi connectivity index (χ1) is 5.31. The fourth-order valence-corrected chi connectivity index (χ4v) is 2.58. The monoisotopic (exact) mass is 149 g/mol. The normalized spacial score (nSPS) is 41.0. The fraction of sp³-hybridized carbons (Fsp3) is 0.778. The Morgan fingerprint density at radius 1 is 1.55 bits per heavy atom. The van der Waals surface area contributed by atoms with Gasteiger partial charge in [0.2, 0.25) is 0 Å². The Labute approximate surface area is 66.2 Å². The second-order valence-electron chi connectivity index (χ2n) is 3.74. The zero-order chi connectivity index (χ0) is 7.84. The van der Waals surface area contributed by atoms with Crippen molar-refractivity contribution >= 4 is 5.78 Å².